The predicted octanol–water partition coefficient (Wildman–Crippen LogP) is 2.85. The SMILES string of the molecule is CON(C)C(=O)C(F)CCOc1c(F)ccc(Br)c1F. The van der Waals surface area contributed by atoms with E-state index in [-0.39, 0.29) is 17.5 Å². The Kier molecular flexibility index (Phi) is 6.28. The third kappa shape index (κ3) is 4.11. The number of carbonyl (C=O) groups is 1. The third-order valence-electron chi connectivity index (χ3n) is 2.47. The van der Waals surface area contributed by atoms with E-state index in [1.54, 1.807) is 0 Å². The van der Waals surface area contributed by atoms with Gasteiger partial charge in [-0.2, -0.15) is 0 Å². The molecule has 4 nitrogen and oxygen atoms in total. The maximum atomic E-state index is 13.5. The van der Waals surface area contributed by atoms with Crippen molar-refractivity contribution in [3.05, 3.63) is 28.2 Å². The van der Waals surface area contributed by atoms with Crippen LogP contribution in [0.15, 0.2) is 16.6 Å². The molecule has 0 spiro atoms. The van der Waals surface area contributed by atoms with Crippen LogP contribution in [-0.2, 0) is 9.63 Å². The monoisotopic (exact) mass is 355 g/mol. The lowest BCUT2D eigenvalue weighted by atomic mass is 10.2. The molecule has 0 N–H and O–H groups in total. The Morgan fingerprint density at radius 2 is 2.10 bits per heavy atom. The van der Waals surface area contributed by atoms with Gasteiger partial charge in [0, 0.05) is 13.5 Å². The van der Waals surface area contributed by atoms with Crippen molar-refractivity contribution < 1.29 is 27.5 Å². The fraction of sp³-hybridized carbons (Fsp3) is 0.417. The van der Waals surface area contributed by atoms with Crippen LogP contribution in [0.1, 0.15) is 6.42 Å². The molecule has 112 valence electrons. The lowest BCUT2D eigenvalue weighted by Crippen LogP contribution is -2.34. The summed E-state index contributed by atoms with van der Waals surface area (Å²) in [6, 6.07) is 2.20. The van der Waals surface area contributed by atoms with Crippen LogP contribution in [0.4, 0.5) is 13.2 Å². The molecule has 20 heavy (non-hydrogen) atoms. The van der Waals surface area contributed by atoms with Gasteiger partial charge in [0.05, 0.1) is 18.2 Å². The Labute approximate surface area is 122 Å². The number of rotatable bonds is 6. The normalized spacial score (nSPS) is 12.1. The standard InChI is InChI=1S/C12H13BrF3NO3/c1-17(19-2)12(18)9(15)5-6-20-11-8(14)4-3-7(13)10(11)16/h3-4,9H,5-6H2,1-2H3. The summed E-state index contributed by atoms with van der Waals surface area (Å²) in [6.45, 7) is -0.352. The number of halogens is 4. The number of hydroxylamine groups is 2. The summed E-state index contributed by atoms with van der Waals surface area (Å²) in [7, 11) is 2.47. The summed E-state index contributed by atoms with van der Waals surface area (Å²) in [5.74, 6) is -3.33. The van der Waals surface area contributed by atoms with Crippen LogP contribution in [0.2, 0.25) is 0 Å². The van der Waals surface area contributed by atoms with Crippen LogP contribution in [0, 0.1) is 11.6 Å². The first-order chi connectivity index (χ1) is 9.38. The largest absolute Gasteiger partial charge is 0.487 e. The lowest BCUT2D eigenvalue weighted by molar-refractivity contribution is -0.174. The van der Waals surface area contributed by atoms with E-state index in [1.165, 1.54) is 20.2 Å². The fourth-order valence-corrected chi connectivity index (χ4v) is 1.63. The smallest absolute Gasteiger partial charge is 0.280 e. The third-order valence-corrected chi connectivity index (χ3v) is 3.08. The molecule has 8 heteroatoms. The van der Waals surface area contributed by atoms with Gasteiger partial charge in [-0.3, -0.25) is 9.63 Å². The van der Waals surface area contributed by atoms with E-state index in [1.807, 2.05) is 0 Å². The summed E-state index contributed by atoms with van der Waals surface area (Å²) in [5, 5.41) is 0.727. The minimum absolute atomic E-state index is 0.0286. The fourth-order valence-electron chi connectivity index (χ4n) is 1.32. The van der Waals surface area contributed by atoms with Gasteiger partial charge in [0.2, 0.25) is 0 Å². The van der Waals surface area contributed by atoms with E-state index in [2.05, 4.69) is 20.8 Å². The molecule has 1 rings (SSSR count). The van der Waals surface area contributed by atoms with Crippen LogP contribution in [-0.4, -0.2) is 37.9 Å². The molecule has 0 aromatic heterocycles. The number of hydrogen-bond acceptors (Lipinski definition) is 3. The van der Waals surface area contributed by atoms with E-state index in [4.69, 9.17) is 4.74 Å². The molecule has 1 aromatic carbocycles. The molecule has 1 amide bonds. The van der Waals surface area contributed by atoms with Gasteiger partial charge in [-0.05, 0) is 28.1 Å². The van der Waals surface area contributed by atoms with Gasteiger partial charge in [0.25, 0.3) is 5.91 Å². The van der Waals surface area contributed by atoms with E-state index in [0.29, 0.717) is 0 Å². The summed E-state index contributed by atoms with van der Waals surface area (Å²) < 4.78 is 45.2. The minimum Gasteiger partial charge on any atom is -0.487 e. The first kappa shape index (κ1) is 16.8. The van der Waals surface area contributed by atoms with Gasteiger partial charge in [0.15, 0.2) is 23.6 Å². The zero-order chi connectivity index (χ0) is 15.3. The Hall–Kier alpha value is -1.28. The molecule has 0 aliphatic carbocycles. The molecule has 1 unspecified atom stereocenters. The van der Waals surface area contributed by atoms with Crippen LogP contribution >= 0.6 is 15.9 Å². The minimum atomic E-state index is -1.88. The molecule has 0 saturated heterocycles. The molecular formula is C12H13BrF3NO3. The highest BCUT2D eigenvalue weighted by molar-refractivity contribution is 9.10. The zero-order valence-electron chi connectivity index (χ0n) is 10.8. The van der Waals surface area contributed by atoms with Crippen molar-refractivity contribution in [3.63, 3.8) is 0 Å². The van der Waals surface area contributed by atoms with Gasteiger partial charge in [-0.1, -0.05) is 0 Å². The van der Waals surface area contributed by atoms with Gasteiger partial charge in [0.1, 0.15) is 0 Å². The second-order valence-electron chi connectivity index (χ2n) is 3.80. The maximum Gasteiger partial charge on any atom is 0.280 e. The average molecular weight is 356 g/mol. The molecule has 0 saturated carbocycles. The number of alkyl halides is 1. The Bertz CT molecular complexity index is 487. The van der Waals surface area contributed by atoms with E-state index < -0.39 is 29.5 Å². The number of nitrogens with zero attached hydrogens (tertiary/aromatic N) is 1. The van der Waals surface area contributed by atoms with Crippen molar-refractivity contribution in [2.24, 2.45) is 0 Å². The second-order valence-corrected chi connectivity index (χ2v) is 4.65. The van der Waals surface area contributed by atoms with Crippen molar-refractivity contribution in [2.75, 3.05) is 20.8 Å². The van der Waals surface area contributed by atoms with Crippen molar-refractivity contribution >= 4 is 21.8 Å². The number of amides is 1. The molecule has 0 bridgehead atoms. The molecule has 0 aliphatic heterocycles. The molecule has 0 fully saturated rings. The quantitative estimate of drug-likeness (QED) is 0.581. The molecule has 0 heterocycles. The summed E-state index contributed by atoms with van der Waals surface area (Å²) >= 11 is 2.88. The average Bonchev–Trinajstić information content (AvgIpc) is 2.44. The van der Waals surface area contributed by atoms with E-state index in [9.17, 15) is 18.0 Å². The van der Waals surface area contributed by atoms with Crippen molar-refractivity contribution in [2.45, 2.75) is 12.6 Å². The highest BCUT2D eigenvalue weighted by atomic mass is 79.9. The van der Waals surface area contributed by atoms with Crippen molar-refractivity contribution in [1.82, 2.24) is 5.06 Å². The Morgan fingerprint density at radius 3 is 2.70 bits per heavy atom. The zero-order valence-corrected chi connectivity index (χ0v) is 12.4. The van der Waals surface area contributed by atoms with E-state index >= 15 is 0 Å². The molecular weight excluding hydrogens is 343 g/mol. The predicted molar refractivity (Wildman–Crippen MR) is 68.8 cm³/mol. The molecule has 0 aliphatic rings. The summed E-state index contributed by atoms with van der Waals surface area (Å²) in [4.78, 5) is 15.8. The van der Waals surface area contributed by atoms with Gasteiger partial charge < -0.3 is 4.74 Å². The molecule has 1 aromatic rings. The van der Waals surface area contributed by atoms with Crippen molar-refractivity contribution in [1.29, 1.82) is 0 Å². The second kappa shape index (κ2) is 7.49. The summed E-state index contributed by atoms with van der Waals surface area (Å²) in [5.41, 5.74) is 0. The van der Waals surface area contributed by atoms with Gasteiger partial charge >= 0.3 is 0 Å². The number of ether oxygens (including phenoxy) is 1. The van der Waals surface area contributed by atoms with Crippen LogP contribution in [0.3, 0.4) is 0 Å². The molecule has 0 radical (unpaired) electrons. The number of benzene rings is 1. The Morgan fingerprint density at radius 1 is 1.45 bits per heavy atom. The maximum absolute atomic E-state index is 13.5. The highest BCUT2D eigenvalue weighted by Crippen LogP contribution is 2.28. The lowest BCUT2D eigenvalue weighted by Gasteiger charge is -2.16. The molecule has 1 atom stereocenters. The summed E-state index contributed by atoms with van der Waals surface area (Å²) in [6.07, 6.45) is -2.23. The number of carbonyl (C=O) groups excluding carboxylic acids is 1. The van der Waals surface area contributed by atoms with Crippen LogP contribution in [0.5, 0.6) is 5.75 Å². The van der Waals surface area contributed by atoms with E-state index in [0.717, 1.165) is 11.1 Å². The number of hydrogen-bond donors (Lipinski definition) is 0. The van der Waals surface area contributed by atoms with Crippen LogP contribution < -0.4 is 4.74 Å². The highest BCUT2D eigenvalue weighted by Gasteiger charge is 2.22. The first-order valence-electron chi connectivity index (χ1n) is 5.60. The topological polar surface area (TPSA) is 38.8 Å². The first-order valence-corrected chi connectivity index (χ1v) is 6.39. The van der Waals surface area contributed by atoms with Crippen molar-refractivity contribution in [3.8, 4) is 5.75 Å². The van der Waals surface area contributed by atoms with Gasteiger partial charge in [-0.15, -0.1) is 0 Å². The Balaban J connectivity index is 2.57. The van der Waals surface area contributed by atoms with Crippen LogP contribution in [0.25, 0.3) is 0 Å². The van der Waals surface area contributed by atoms with Gasteiger partial charge in [-0.25, -0.2) is 18.2 Å².